The molecule has 0 aliphatic heterocycles. The Balaban J connectivity index is 1.40. The van der Waals surface area contributed by atoms with Gasteiger partial charge in [-0.3, -0.25) is 9.78 Å². The van der Waals surface area contributed by atoms with Gasteiger partial charge in [0.1, 0.15) is 5.82 Å². The number of rotatable bonds is 6. The van der Waals surface area contributed by atoms with Gasteiger partial charge in [0.15, 0.2) is 0 Å². The van der Waals surface area contributed by atoms with E-state index in [1.807, 2.05) is 60.2 Å². The Morgan fingerprint density at radius 3 is 2.72 bits per heavy atom. The molecule has 1 N–H and O–H groups in total. The zero-order chi connectivity index (χ0) is 20.2. The van der Waals surface area contributed by atoms with E-state index in [-0.39, 0.29) is 5.91 Å². The molecule has 6 nitrogen and oxygen atoms in total. The molecule has 0 saturated carbocycles. The molecule has 4 aromatic rings. The number of nitrogens with one attached hydrogen (secondary N) is 1. The fourth-order valence-electron chi connectivity index (χ4n) is 3.29. The summed E-state index contributed by atoms with van der Waals surface area (Å²) in [6, 6.07) is 11.5. The first kappa shape index (κ1) is 19.0. The van der Waals surface area contributed by atoms with E-state index in [4.69, 9.17) is 0 Å². The number of carbonyl (C=O) groups excluding carboxylic acids is 1. The van der Waals surface area contributed by atoms with Crippen LogP contribution in [0, 0.1) is 13.8 Å². The molecule has 0 radical (unpaired) electrons. The molecule has 4 aromatic heterocycles. The van der Waals surface area contributed by atoms with Gasteiger partial charge in [0.05, 0.1) is 16.3 Å². The van der Waals surface area contributed by atoms with Crippen molar-refractivity contribution in [1.82, 2.24) is 24.8 Å². The highest BCUT2D eigenvalue weighted by atomic mass is 32.1. The first-order valence-electron chi connectivity index (χ1n) is 9.37. The van der Waals surface area contributed by atoms with Crippen molar-refractivity contribution >= 4 is 17.2 Å². The van der Waals surface area contributed by atoms with Crippen molar-refractivity contribution in [3.05, 3.63) is 82.3 Å². The number of amides is 1. The summed E-state index contributed by atoms with van der Waals surface area (Å²) in [4.78, 5) is 25.8. The molecule has 146 valence electrons. The molecule has 0 saturated heterocycles. The summed E-state index contributed by atoms with van der Waals surface area (Å²) in [7, 11) is 0. The molecular weight excluding hydrogens is 382 g/mol. The Morgan fingerprint density at radius 1 is 1.14 bits per heavy atom. The molecule has 4 rings (SSSR count). The van der Waals surface area contributed by atoms with Crippen LogP contribution in [0.2, 0.25) is 0 Å². The van der Waals surface area contributed by atoms with Crippen molar-refractivity contribution in [2.24, 2.45) is 0 Å². The zero-order valence-corrected chi connectivity index (χ0v) is 17.1. The number of carbonyl (C=O) groups is 1. The highest BCUT2D eigenvalue weighted by Gasteiger charge is 2.17. The maximum atomic E-state index is 12.7. The molecule has 0 spiro atoms. The SMILES string of the molecule is Cc1cc(C(=O)NCCc2nc(-c3ccncc3)cs2)c(C)n1-c1ccccn1. The first-order chi connectivity index (χ1) is 14.1. The third-order valence-electron chi connectivity index (χ3n) is 4.71. The monoisotopic (exact) mass is 403 g/mol. The number of nitrogens with zero attached hydrogens (tertiary/aromatic N) is 4. The molecule has 4 heterocycles. The van der Waals surface area contributed by atoms with Gasteiger partial charge in [-0.1, -0.05) is 6.07 Å². The minimum Gasteiger partial charge on any atom is -0.352 e. The lowest BCUT2D eigenvalue weighted by molar-refractivity contribution is 0.0953. The summed E-state index contributed by atoms with van der Waals surface area (Å²) in [6.07, 6.45) is 5.97. The second-order valence-electron chi connectivity index (χ2n) is 6.68. The highest BCUT2D eigenvalue weighted by Crippen LogP contribution is 2.22. The Labute approximate surface area is 173 Å². The van der Waals surface area contributed by atoms with E-state index >= 15 is 0 Å². The Morgan fingerprint density at radius 2 is 1.97 bits per heavy atom. The van der Waals surface area contributed by atoms with Crippen molar-refractivity contribution in [3.63, 3.8) is 0 Å². The molecule has 0 fully saturated rings. The van der Waals surface area contributed by atoms with Crippen LogP contribution in [0.25, 0.3) is 17.1 Å². The van der Waals surface area contributed by atoms with Gasteiger partial charge >= 0.3 is 0 Å². The predicted molar refractivity (Wildman–Crippen MR) is 114 cm³/mol. The maximum Gasteiger partial charge on any atom is 0.253 e. The van der Waals surface area contributed by atoms with E-state index in [0.717, 1.165) is 33.5 Å². The van der Waals surface area contributed by atoms with Crippen LogP contribution in [-0.4, -0.2) is 32.0 Å². The number of thiazole rings is 1. The van der Waals surface area contributed by atoms with Crippen LogP contribution in [0.3, 0.4) is 0 Å². The zero-order valence-electron chi connectivity index (χ0n) is 16.3. The quantitative estimate of drug-likeness (QED) is 0.529. The average Bonchev–Trinajstić information content (AvgIpc) is 3.33. The van der Waals surface area contributed by atoms with Gasteiger partial charge in [0.2, 0.25) is 0 Å². The van der Waals surface area contributed by atoms with E-state index in [9.17, 15) is 4.79 Å². The lowest BCUT2D eigenvalue weighted by atomic mass is 10.2. The van der Waals surface area contributed by atoms with Gasteiger partial charge in [0.25, 0.3) is 5.91 Å². The van der Waals surface area contributed by atoms with Crippen molar-refractivity contribution in [1.29, 1.82) is 0 Å². The molecule has 29 heavy (non-hydrogen) atoms. The second kappa shape index (κ2) is 8.36. The van der Waals surface area contributed by atoms with Crippen LogP contribution < -0.4 is 5.32 Å². The molecule has 1 amide bonds. The highest BCUT2D eigenvalue weighted by molar-refractivity contribution is 7.09. The molecule has 7 heteroatoms. The number of hydrogen-bond acceptors (Lipinski definition) is 5. The summed E-state index contributed by atoms with van der Waals surface area (Å²) < 4.78 is 2.00. The van der Waals surface area contributed by atoms with Crippen LogP contribution in [0.15, 0.2) is 60.4 Å². The molecule has 0 atom stereocenters. The third-order valence-corrected chi connectivity index (χ3v) is 5.61. The lowest BCUT2D eigenvalue weighted by Gasteiger charge is -2.08. The number of aromatic nitrogens is 4. The van der Waals surface area contributed by atoms with Crippen LogP contribution >= 0.6 is 11.3 Å². The molecule has 0 bridgehead atoms. The lowest BCUT2D eigenvalue weighted by Crippen LogP contribution is -2.26. The number of aryl methyl sites for hydroxylation is 1. The van der Waals surface area contributed by atoms with Gasteiger partial charge in [-0.05, 0) is 44.2 Å². The van der Waals surface area contributed by atoms with Gasteiger partial charge in [-0.15, -0.1) is 11.3 Å². The molecular formula is C22H21N5OS. The minimum atomic E-state index is -0.0776. The van der Waals surface area contributed by atoms with E-state index in [0.29, 0.717) is 18.5 Å². The number of pyridine rings is 2. The predicted octanol–water partition coefficient (Wildman–Crippen LogP) is 3.98. The summed E-state index contributed by atoms with van der Waals surface area (Å²) in [6.45, 7) is 4.46. The van der Waals surface area contributed by atoms with Gasteiger partial charge in [-0.25, -0.2) is 9.97 Å². The third kappa shape index (κ3) is 4.09. The number of hydrogen-bond donors (Lipinski definition) is 1. The maximum absolute atomic E-state index is 12.7. The van der Waals surface area contributed by atoms with Crippen LogP contribution in [0.5, 0.6) is 0 Å². The van der Waals surface area contributed by atoms with E-state index in [2.05, 4.69) is 20.3 Å². The largest absolute Gasteiger partial charge is 0.352 e. The van der Waals surface area contributed by atoms with Crippen molar-refractivity contribution in [2.75, 3.05) is 6.54 Å². The van der Waals surface area contributed by atoms with Crippen LogP contribution in [0.1, 0.15) is 26.8 Å². The van der Waals surface area contributed by atoms with E-state index in [1.165, 1.54) is 0 Å². The Hall–Kier alpha value is -3.32. The minimum absolute atomic E-state index is 0.0776. The van der Waals surface area contributed by atoms with Gasteiger partial charge in [-0.2, -0.15) is 0 Å². The smallest absolute Gasteiger partial charge is 0.253 e. The topological polar surface area (TPSA) is 72.7 Å². The van der Waals surface area contributed by atoms with E-state index in [1.54, 1.807) is 29.9 Å². The summed E-state index contributed by atoms with van der Waals surface area (Å²) in [5, 5.41) is 6.04. The Kier molecular flexibility index (Phi) is 5.48. The Bertz CT molecular complexity index is 1120. The standard InChI is InChI=1S/C22H21N5OS/c1-15-13-18(16(2)27(15)20-5-3-4-9-24-20)22(28)25-12-8-21-26-19(14-29-21)17-6-10-23-11-7-17/h3-7,9-11,13-14H,8,12H2,1-2H3,(H,25,28). The first-order valence-corrected chi connectivity index (χ1v) is 10.2. The van der Waals surface area contributed by atoms with Gasteiger partial charge in [0, 0.05) is 53.9 Å². The summed E-state index contributed by atoms with van der Waals surface area (Å²) in [5.74, 6) is 0.735. The second-order valence-corrected chi connectivity index (χ2v) is 7.62. The van der Waals surface area contributed by atoms with Crippen molar-refractivity contribution < 1.29 is 4.79 Å². The van der Waals surface area contributed by atoms with Gasteiger partial charge < -0.3 is 9.88 Å². The summed E-state index contributed by atoms with van der Waals surface area (Å²) in [5.41, 5.74) is 4.53. The van der Waals surface area contributed by atoms with Crippen LogP contribution in [-0.2, 0) is 6.42 Å². The molecule has 0 unspecified atom stereocenters. The van der Waals surface area contributed by atoms with Crippen molar-refractivity contribution in [2.45, 2.75) is 20.3 Å². The average molecular weight is 404 g/mol. The molecule has 0 aliphatic carbocycles. The van der Waals surface area contributed by atoms with Crippen LogP contribution in [0.4, 0.5) is 0 Å². The molecule has 0 aliphatic rings. The van der Waals surface area contributed by atoms with Crippen molar-refractivity contribution in [3.8, 4) is 17.1 Å². The fraction of sp³-hybridized carbons (Fsp3) is 0.182. The van der Waals surface area contributed by atoms with E-state index < -0.39 is 0 Å². The molecule has 0 aromatic carbocycles. The fourth-order valence-corrected chi connectivity index (χ4v) is 4.10. The normalized spacial score (nSPS) is 10.8. The summed E-state index contributed by atoms with van der Waals surface area (Å²) >= 11 is 1.60.